The number of rotatable bonds is 4. The van der Waals surface area contributed by atoms with Crippen molar-refractivity contribution < 1.29 is 9.22 Å². The second-order valence-electron chi connectivity index (χ2n) is 7.08. The van der Waals surface area contributed by atoms with Gasteiger partial charge < -0.3 is 14.3 Å². The molecule has 0 spiro atoms. The van der Waals surface area contributed by atoms with Crippen molar-refractivity contribution in [2.45, 2.75) is 44.3 Å². The number of hydrogen-bond acceptors (Lipinski definition) is 4. The Hall–Kier alpha value is -0.633. The summed E-state index contributed by atoms with van der Waals surface area (Å²) in [5.41, 5.74) is 0. The molecule has 0 aromatic carbocycles. The van der Waals surface area contributed by atoms with Crippen LogP contribution in [0.1, 0.15) is 20.8 Å². The normalized spacial score (nSPS) is 22.1. The number of thioether (sulfide) groups is 1. The fraction of sp³-hybridized carbons (Fsp3) is 0.600. The summed E-state index contributed by atoms with van der Waals surface area (Å²) in [4.78, 5) is 11.8. The van der Waals surface area contributed by atoms with E-state index in [1.54, 1.807) is 0 Å². The van der Waals surface area contributed by atoms with E-state index in [0.29, 0.717) is 6.61 Å². The molecule has 2 heterocycles. The predicted octanol–water partition coefficient (Wildman–Crippen LogP) is 3.45. The number of amides is 1. The molecule has 1 aliphatic heterocycles. The molecule has 0 aliphatic carbocycles. The van der Waals surface area contributed by atoms with Crippen LogP contribution in [0.15, 0.2) is 24.5 Å². The first-order valence-corrected chi connectivity index (χ1v) is 11.6. The summed E-state index contributed by atoms with van der Waals surface area (Å²) in [5, 5.41) is 3.08. The van der Waals surface area contributed by atoms with Crippen molar-refractivity contribution in [1.82, 2.24) is 9.88 Å². The van der Waals surface area contributed by atoms with Crippen molar-refractivity contribution in [3.8, 4) is 0 Å². The molecule has 0 unspecified atom stereocenters. The van der Waals surface area contributed by atoms with Gasteiger partial charge in [-0.3, -0.25) is 4.79 Å². The van der Waals surface area contributed by atoms with Crippen LogP contribution in [0, 0.1) is 5.92 Å². The van der Waals surface area contributed by atoms with E-state index >= 15 is 0 Å². The maximum atomic E-state index is 11.8. The Bertz CT molecular complexity index is 552. The number of β-lactam (4-membered cyclic amide) rings is 1. The number of carbonyl (C=O) groups is 1. The van der Waals surface area contributed by atoms with E-state index in [-0.39, 0.29) is 22.2 Å². The van der Waals surface area contributed by atoms with Gasteiger partial charge in [0.2, 0.25) is 5.91 Å². The van der Waals surface area contributed by atoms with Gasteiger partial charge in [-0.15, -0.1) is 0 Å². The molecule has 2 rings (SSSR count). The Kier molecular flexibility index (Phi) is 5.21. The van der Waals surface area contributed by atoms with Crippen molar-refractivity contribution in [2.75, 3.05) is 6.61 Å². The highest BCUT2D eigenvalue weighted by Crippen LogP contribution is 2.38. The number of nitrogens with one attached hydrogen (secondary N) is 1. The minimum atomic E-state index is -1.83. The second kappa shape index (κ2) is 6.47. The molecule has 0 radical (unpaired) electrons. The van der Waals surface area contributed by atoms with Crippen LogP contribution >= 0.6 is 24.0 Å². The zero-order valence-electron chi connectivity index (χ0n) is 13.8. The second-order valence-corrected chi connectivity index (χ2v) is 13.7. The van der Waals surface area contributed by atoms with E-state index in [1.807, 2.05) is 29.1 Å². The summed E-state index contributed by atoms with van der Waals surface area (Å²) >= 11 is 6.91. The highest BCUT2D eigenvalue weighted by Gasteiger charge is 2.44. The van der Waals surface area contributed by atoms with Gasteiger partial charge in [0.25, 0.3) is 0 Å². The van der Waals surface area contributed by atoms with E-state index in [2.05, 4.69) is 39.2 Å². The Morgan fingerprint density at radius 3 is 2.50 bits per heavy atom. The molecule has 1 N–H and O–H groups in total. The number of aromatic nitrogens is 1. The zero-order valence-corrected chi connectivity index (χ0v) is 16.4. The number of thiocarbonyl (C=S) groups is 1. The Morgan fingerprint density at radius 2 is 2.00 bits per heavy atom. The van der Waals surface area contributed by atoms with E-state index in [0.717, 1.165) is 4.32 Å². The van der Waals surface area contributed by atoms with Gasteiger partial charge in [0, 0.05) is 19.0 Å². The third-order valence-electron chi connectivity index (χ3n) is 4.46. The average Bonchev–Trinajstić information content (AvgIpc) is 2.90. The van der Waals surface area contributed by atoms with Crippen LogP contribution in [0.5, 0.6) is 0 Å². The van der Waals surface area contributed by atoms with Gasteiger partial charge in [-0.25, -0.2) is 0 Å². The van der Waals surface area contributed by atoms with Crippen LogP contribution in [-0.4, -0.2) is 35.1 Å². The van der Waals surface area contributed by atoms with Crippen LogP contribution in [0.25, 0.3) is 0 Å². The summed E-state index contributed by atoms with van der Waals surface area (Å²) < 4.78 is 8.81. The van der Waals surface area contributed by atoms with Crippen molar-refractivity contribution in [3.05, 3.63) is 24.5 Å². The van der Waals surface area contributed by atoms with Crippen molar-refractivity contribution in [2.24, 2.45) is 5.92 Å². The van der Waals surface area contributed by atoms with Gasteiger partial charge in [-0.2, -0.15) is 0 Å². The first kappa shape index (κ1) is 17.7. The molecule has 1 aromatic heterocycles. The van der Waals surface area contributed by atoms with Crippen molar-refractivity contribution >= 4 is 42.5 Å². The van der Waals surface area contributed by atoms with Crippen LogP contribution in [-0.2, 0) is 9.22 Å². The molecule has 0 bridgehead atoms. The van der Waals surface area contributed by atoms with Crippen molar-refractivity contribution in [3.63, 3.8) is 0 Å². The number of nitrogens with zero attached hydrogens (tertiary/aromatic N) is 1. The van der Waals surface area contributed by atoms with Crippen LogP contribution < -0.4 is 5.32 Å². The molecule has 2 atom stereocenters. The van der Waals surface area contributed by atoms with Crippen LogP contribution in [0.2, 0.25) is 18.1 Å². The largest absolute Gasteiger partial charge is 0.416 e. The molecular weight excluding hydrogens is 332 g/mol. The lowest BCUT2D eigenvalue weighted by molar-refractivity contribution is -0.133. The fourth-order valence-corrected chi connectivity index (χ4v) is 4.27. The summed E-state index contributed by atoms with van der Waals surface area (Å²) in [7, 11) is -1.83. The molecular formula is C15H24N2O2S2Si. The number of carbonyl (C=O) groups excluding carboxylic acids is 1. The molecule has 1 amide bonds. The van der Waals surface area contributed by atoms with Gasteiger partial charge in [0.15, 0.2) is 8.32 Å². The topological polar surface area (TPSA) is 43.3 Å². The standard InChI is InChI=1S/C15H24N2O2S2Si/c1-15(2,3)22(4,5)19-10-11-12(18)16-13(11)21-14(20)17-8-6-7-9-17/h6-9,11,13H,10H2,1-5H3,(H,16,18)/t11-,13+/m0/s1. The van der Waals surface area contributed by atoms with Crippen LogP contribution in [0.4, 0.5) is 0 Å². The molecule has 0 saturated carbocycles. The Morgan fingerprint density at radius 1 is 1.41 bits per heavy atom. The van der Waals surface area contributed by atoms with Gasteiger partial charge in [-0.05, 0) is 30.3 Å². The quantitative estimate of drug-likeness (QED) is 0.510. The summed E-state index contributed by atoms with van der Waals surface area (Å²) in [5.74, 6) is -0.0563. The predicted molar refractivity (Wildman–Crippen MR) is 98.6 cm³/mol. The lowest BCUT2D eigenvalue weighted by atomic mass is 10.0. The molecule has 4 nitrogen and oxygen atoms in total. The average molecular weight is 357 g/mol. The molecule has 1 fully saturated rings. The van der Waals surface area contributed by atoms with E-state index in [9.17, 15) is 4.79 Å². The first-order valence-electron chi connectivity index (χ1n) is 7.40. The molecule has 1 saturated heterocycles. The molecule has 1 aliphatic rings. The fourth-order valence-electron chi connectivity index (χ4n) is 1.80. The highest BCUT2D eigenvalue weighted by atomic mass is 32.2. The van der Waals surface area contributed by atoms with Crippen LogP contribution in [0.3, 0.4) is 0 Å². The summed E-state index contributed by atoms with van der Waals surface area (Å²) in [6.45, 7) is 11.5. The van der Waals surface area contributed by atoms with Gasteiger partial charge in [0.05, 0.1) is 11.3 Å². The first-order chi connectivity index (χ1) is 10.1. The van der Waals surface area contributed by atoms with Gasteiger partial charge in [0.1, 0.15) is 4.32 Å². The van der Waals surface area contributed by atoms with E-state index in [4.69, 9.17) is 16.6 Å². The molecule has 7 heteroatoms. The van der Waals surface area contributed by atoms with E-state index < -0.39 is 8.32 Å². The molecule has 1 aromatic rings. The molecule has 122 valence electrons. The summed E-state index contributed by atoms with van der Waals surface area (Å²) in [6.07, 6.45) is 3.83. The van der Waals surface area contributed by atoms with Crippen molar-refractivity contribution in [1.29, 1.82) is 0 Å². The molecule has 22 heavy (non-hydrogen) atoms. The Labute approximate surface area is 143 Å². The van der Waals surface area contributed by atoms with Gasteiger partial charge >= 0.3 is 0 Å². The third kappa shape index (κ3) is 3.82. The maximum Gasteiger partial charge on any atom is 0.229 e. The van der Waals surface area contributed by atoms with Gasteiger partial charge in [-0.1, -0.05) is 44.8 Å². The Balaban J connectivity index is 1.91. The minimum absolute atomic E-state index is 0.00664. The monoisotopic (exact) mass is 356 g/mol. The number of hydrogen-bond donors (Lipinski definition) is 1. The SMILES string of the molecule is CC(C)(C)[Si](C)(C)OC[C@H]1C(=O)N[C@@H]1SC(=S)n1cccc1. The lowest BCUT2D eigenvalue weighted by Gasteiger charge is -2.41. The third-order valence-corrected chi connectivity index (χ3v) is 10.6. The smallest absolute Gasteiger partial charge is 0.229 e. The lowest BCUT2D eigenvalue weighted by Crippen LogP contribution is -2.59. The zero-order chi connectivity index (χ0) is 16.5. The van der Waals surface area contributed by atoms with E-state index in [1.165, 1.54) is 11.8 Å². The highest BCUT2D eigenvalue weighted by molar-refractivity contribution is 8.23. The summed E-state index contributed by atoms with van der Waals surface area (Å²) in [6, 6.07) is 3.87. The minimum Gasteiger partial charge on any atom is -0.416 e. The maximum absolute atomic E-state index is 11.8.